The number of rotatable bonds is 5. The van der Waals surface area contributed by atoms with Gasteiger partial charge in [-0.25, -0.2) is 9.59 Å². The van der Waals surface area contributed by atoms with Crippen LogP contribution in [0.25, 0.3) is 0 Å². The number of amides is 2. The molecule has 0 bridgehead atoms. The molecule has 20 heavy (non-hydrogen) atoms. The molecule has 0 aromatic heterocycles. The third-order valence-electron chi connectivity index (χ3n) is 2.47. The highest BCUT2D eigenvalue weighted by Gasteiger charge is 2.15. The van der Waals surface area contributed by atoms with Gasteiger partial charge in [-0.2, -0.15) is 0 Å². The van der Waals surface area contributed by atoms with Crippen molar-refractivity contribution in [2.24, 2.45) is 0 Å². The van der Waals surface area contributed by atoms with Crippen molar-refractivity contribution in [3.63, 3.8) is 0 Å². The Morgan fingerprint density at radius 2 is 2.10 bits per heavy atom. The Hall–Kier alpha value is -1.99. The number of aliphatic hydroxyl groups excluding tert-OH is 1. The molecule has 0 fully saturated rings. The lowest BCUT2D eigenvalue weighted by atomic mass is 10.2. The Morgan fingerprint density at radius 3 is 2.65 bits per heavy atom. The second-order valence-electron chi connectivity index (χ2n) is 3.99. The lowest BCUT2D eigenvalue weighted by Crippen LogP contribution is -2.38. The van der Waals surface area contributed by atoms with Gasteiger partial charge in [0.1, 0.15) is 5.75 Å². The molecule has 0 aliphatic rings. The molecule has 8 heteroatoms. The molecule has 0 saturated heterocycles. The Morgan fingerprint density at radius 1 is 1.45 bits per heavy atom. The summed E-state index contributed by atoms with van der Waals surface area (Å²) in [5.41, 5.74) is 1.13. The second-order valence-corrected chi connectivity index (χ2v) is 4.40. The number of carboxylic acids is 1. The first kappa shape index (κ1) is 16.1. The van der Waals surface area contributed by atoms with Gasteiger partial charge in [0.2, 0.25) is 0 Å². The summed E-state index contributed by atoms with van der Waals surface area (Å²) in [6.45, 7) is 1.36. The first-order chi connectivity index (χ1) is 9.35. The number of benzene rings is 1. The van der Waals surface area contributed by atoms with Crippen molar-refractivity contribution in [2.75, 3.05) is 19.0 Å². The maximum atomic E-state index is 11.6. The number of aliphatic carboxylic acids is 1. The van der Waals surface area contributed by atoms with E-state index in [1.807, 2.05) is 0 Å². The number of carbonyl (C=O) groups is 2. The van der Waals surface area contributed by atoms with E-state index in [0.29, 0.717) is 16.5 Å². The molecule has 7 nitrogen and oxygen atoms in total. The van der Waals surface area contributed by atoms with E-state index in [1.165, 1.54) is 7.11 Å². The van der Waals surface area contributed by atoms with E-state index >= 15 is 0 Å². The minimum absolute atomic E-state index is 0.370. The zero-order valence-corrected chi connectivity index (χ0v) is 11.7. The van der Waals surface area contributed by atoms with Crippen LogP contribution in [0.4, 0.5) is 10.5 Å². The standard InChI is InChI=1S/C12H15ClN2O5/c1-6-3-8(10(20-2)4-7(6)13)15-12(19)14-5-9(16)11(17)18/h3-4,9,16H,5H2,1-2H3,(H,17,18)(H2,14,15,19). The average Bonchev–Trinajstić information content (AvgIpc) is 2.39. The molecule has 0 saturated carbocycles. The number of methoxy groups -OCH3 is 1. The van der Waals surface area contributed by atoms with Gasteiger partial charge < -0.3 is 25.6 Å². The molecule has 1 aromatic rings. The number of hydrogen-bond acceptors (Lipinski definition) is 4. The van der Waals surface area contributed by atoms with Crippen LogP contribution < -0.4 is 15.4 Å². The van der Waals surface area contributed by atoms with Crippen molar-refractivity contribution in [1.29, 1.82) is 0 Å². The highest BCUT2D eigenvalue weighted by molar-refractivity contribution is 6.31. The van der Waals surface area contributed by atoms with E-state index in [2.05, 4.69) is 10.6 Å². The molecule has 1 unspecified atom stereocenters. The van der Waals surface area contributed by atoms with Crippen molar-refractivity contribution < 1.29 is 24.5 Å². The summed E-state index contributed by atoms with van der Waals surface area (Å²) >= 11 is 5.93. The topological polar surface area (TPSA) is 108 Å². The second kappa shape index (κ2) is 6.97. The molecular weight excluding hydrogens is 288 g/mol. The molecule has 2 amide bonds. The minimum atomic E-state index is -1.66. The van der Waals surface area contributed by atoms with E-state index in [9.17, 15) is 9.59 Å². The highest BCUT2D eigenvalue weighted by Crippen LogP contribution is 2.30. The van der Waals surface area contributed by atoms with Gasteiger partial charge in [0, 0.05) is 11.1 Å². The number of urea groups is 1. The van der Waals surface area contributed by atoms with Crippen LogP contribution in [0.3, 0.4) is 0 Å². The number of ether oxygens (including phenoxy) is 1. The summed E-state index contributed by atoms with van der Waals surface area (Å²) < 4.78 is 5.08. The fourth-order valence-corrected chi connectivity index (χ4v) is 1.53. The van der Waals surface area contributed by atoms with Crippen LogP contribution >= 0.6 is 11.6 Å². The minimum Gasteiger partial charge on any atom is -0.495 e. The summed E-state index contributed by atoms with van der Waals surface area (Å²) in [5, 5.41) is 22.7. The molecule has 1 atom stereocenters. The Bertz CT molecular complexity index is 521. The molecule has 0 heterocycles. The molecule has 110 valence electrons. The van der Waals surface area contributed by atoms with Gasteiger partial charge in [0.15, 0.2) is 6.10 Å². The van der Waals surface area contributed by atoms with E-state index in [1.54, 1.807) is 19.1 Å². The molecule has 4 N–H and O–H groups in total. The lowest BCUT2D eigenvalue weighted by molar-refractivity contribution is -0.146. The first-order valence-electron chi connectivity index (χ1n) is 5.65. The van der Waals surface area contributed by atoms with Gasteiger partial charge in [-0.05, 0) is 18.6 Å². The summed E-state index contributed by atoms with van der Waals surface area (Å²) in [6, 6.07) is 2.51. The van der Waals surface area contributed by atoms with Crippen molar-refractivity contribution in [3.8, 4) is 5.75 Å². The van der Waals surface area contributed by atoms with Crippen molar-refractivity contribution >= 4 is 29.3 Å². The lowest BCUT2D eigenvalue weighted by Gasteiger charge is -2.13. The van der Waals surface area contributed by atoms with Gasteiger partial charge >= 0.3 is 12.0 Å². The van der Waals surface area contributed by atoms with Crippen LogP contribution in [0.1, 0.15) is 5.56 Å². The number of nitrogens with one attached hydrogen (secondary N) is 2. The number of carbonyl (C=O) groups excluding carboxylic acids is 1. The Balaban J connectivity index is 2.71. The monoisotopic (exact) mass is 302 g/mol. The predicted molar refractivity (Wildman–Crippen MR) is 73.4 cm³/mol. The number of hydrogen-bond donors (Lipinski definition) is 4. The van der Waals surface area contributed by atoms with E-state index in [4.69, 9.17) is 26.6 Å². The summed E-state index contributed by atoms with van der Waals surface area (Å²) in [7, 11) is 1.43. The van der Waals surface area contributed by atoms with Crippen molar-refractivity contribution in [1.82, 2.24) is 5.32 Å². The molecule has 1 rings (SSSR count). The maximum Gasteiger partial charge on any atom is 0.334 e. The summed E-state index contributed by atoms with van der Waals surface area (Å²) in [5.74, 6) is -1.04. The zero-order valence-electron chi connectivity index (χ0n) is 10.9. The fraction of sp³-hybridized carbons (Fsp3) is 0.333. The average molecular weight is 303 g/mol. The van der Waals surface area contributed by atoms with E-state index < -0.39 is 24.6 Å². The van der Waals surface area contributed by atoms with Crippen LogP contribution in [0.15, 0.2) is 12.1 Å². The van der Waals surface area contributed by atoms with Gasteiger partial charge in [0.25, 0.3) is 0 Å². The van der Waals surface area contributed by atoms with Crippen molar-refractivity contribution in [2.45, 2.75) is 13.0 Å². The number of halogens is 1. The van der Waals surface area contributed by atoms with Gasteiger partial charge in [-0.15, -0.1) is 0 Å². The number of anilines is 1. The third kappa shape index (κ3) is 4.29. The molecule has 0 aliphatic carbocycles. The van der Waals surface area contributed by atoms with Gasteiger partial charge in [-0.3, -0.25) is 0 Å². The van der Waals surface area contributed by atoms with Crippen LogP contribution in [0.2, 0.25) is 5.02 Å². The van der Waals surface area contributed by atoms with Crippen LogP contribution in [-0.4, -0.2) is 42.0 Å². The van der Waals surface area contributed by atoms with Gasteiger partial charge in [0.05, 0.1) is 19.3 Å². The first-order valence-corrected chi connectivity index (χ1v) is 6.02. The van der Waals surface area contributed by atoms with Crippen LogP contribution in [-0.2, 0) is 4.79 Å². The number of carboxylic acid groups (broad SMARTS) is 1. The number of aryl methyl sites for hydroxylation is 1. The predicted octanol–water partition coefficient (Wildman–Crippen LogP) is 1.22. The largest absolute Gasteiger partial charge is 0.495 e. The molecule has 1 aromatic carbocycles. The summed E-state index contributed by atoms with van der Waals surface area (Å²) in [6.07, 6.45) is -1.66. The fourth-order valence-electron chi connectivity index (χ4n) is 1.37. The van der Waals surface area contributed by atoms with E-state index in [0.717, 1.165) is 5.56 Å². The zero-order chi connectivity index (χ0) is 15.3. The number of aliphatic hydroxyl groups is 1. The Labute approximate surface area is 120 Å². The van der Waals surface area contributed by atoms with Crippen LogP contribution in [0, 0.1) is 6.92 Å². The SMILES string of the molecule is COc1cc(Cl)c(C)cc1NC(=O)NCC(O)C(=O)O. The Kier molecular flexibility index (Phi) is 5.60. The molecular formula is C12H15ClN2O5. The van der Waals surface area contributed by atoms with Crippen LogP contribution in [0.5, 0.6) is 5.75 Å². The third-order valence-corrected chi connectivity index (χ3v) is 2.88. The smallest absolute Gasteiger partial charge is 0.334 e. The quantitative estimate of drug-likeness (QED) is 0.654. The molecule has 0 radical (unpaired) electrons. The van der Waals surface area contributed by atoms with Crippen molar-refractivity contribution in [3.05, 3.63) is 22.7 Å². The highest BCUT2D eigenvalue weighted by atomic mass is 35.5. The maximum absolute atomic E-state index is 11.6. The normalized spacial score (nSPS) is 11.6. The summed E-state index contributed by atoms with van der Waals surface area (Å²) in [4.78, 5) is 22.0. The molecule has 0 aliphatic heterocycles. The molecule has 0 spiro atoms. The van der Waals surface area contributed by atoms with E-state index in [-0.39, 0.29) is 0 Å². The van der Waals surface area contributed by atoms with Gasteiger partial charge in [-0.1, -0.05) is 11.6 Å².